The van der Waals surface area contributed by atoms with Gasteiger partial charge >= 0.3 is 0 Å². The molecule has 4 heteroatoms. The molecule has 1 amide bonds. The third-order valence-corrected chi connectivity index (χ3v) is 16.6. The second kappa shape index (κ2) is 67.9. The Morgan fingerprint density at radius 3 is 0.763 bits per heavy atom. The van der Waals surface area contributed by atoms with Crippen molar-refractivity contribution in [2.75, 3.05) is 6.61 Å². The van der Waals surface area contributed by atoms with Crippen LogP contribution in [-0.2, 0) is 4.79 Å². The number of amides is 1. The second-order valence-corrected chi connectivity index (χ2v) is 24.3. The molecule has 76 heavy (non-hydrogen) atoms. The second-order valence-electron chi connectivity index (χ2n) is 24.3. The van der Waals surface area contributed by atoms with Gasteiger partial charge in [-0.3, -0.25) is 4.79 Å². The van der Waals surface area contributed by atoms with Gasteiger partial charge in [0.15, 0.2) is 0 Å². The Hall–Kier alpha value is -1.39. The van der Waals surface area contributed by atoms with Gasteiger partial charge in [0.1, 0.15) is 0 Å². The largest absolute Gasteiger partial charge is 0.394 e. The van der Waals surface area contributed by atoms with E-state index in [0.717, 1.165) is 32.1 Å². The van der Waals surface area contributed by atoms with E-state index in [4.69, 9.17) is 0 Å². The lowest BCUT2D eigenvalue weighted by Crippen LogP contribution is -2.45. The molecule has 0 fully saturated rings. The summed E-state index contributed by atoms with van der Waals surface area (Å²) in [6, 6.07) is -0.639. The number of unbranched alkanes of at least 4 members (excludes halogenated alkanes) is 55. The number of nitrogens with one attached hydrogen (secondary N) is 1. The molecule has 0 rings (SSSR count). The van der Waals surface area contributed by atoms with Crippen LogP contribution in [0.15, 0.2) is 36.5 Å². The molecule has 0 aliphatic carbocycles. The minimum atomic E-state index is -0.862. The molecule has 4 nitrogen and oxygen atoms in total. The van der Waals surface area contributed by atoms with Crippen molar-refractivity contribution in [3.8, 4) is 0 Å². The highest BCUT2D eigenvalue weighted by molar-refractivity contribution is 5.76. The lowest BCUT2D eigenvalue weighted by molar-refractivity contribution is -0.123. The van der Waals surface area contributed by atoms with Crippen molar-refractivity contribution >= 4 is 5.91 Å². The molecule has 0 aromatic carbocycles. The number of hydrogen-bond donors (Lipinski definition) is 3. The van der Waals surface area contributed by atoms with Gasteiger partial charge in [0, 0.05) is 6.42 Å². The van der Waals surface area contributed by atoms with Gasteiger partial charge in [0.05, 0.1) is 18.8 Å². The predicted octanol–water partition coefficient (Wildman–Crippen LogP) is 23.9. The first-order valence-electron chi connectivity index (χ1n) is 35.2. The summed E-state index contributed by atoms with van der Waals surface area (Å²) in [7, 11) is 0. The quantitative estimate of drug-likeness (QED) is 0.0420. The maximum Gasteiger partial charge on any atom is 0.220 e. The molecule has 2 unspecified atom stereocenters. The van der Waals surface area contributed by atoms with E-state index >= 15 is 0 Å². The summed E-state index contributed by atoms with van der Waals surface area (Å²) in [6.07, 6.45) is 93.9. The maximum atomic E-state index is 12.5. The summed E-state index contributed by atoms with van der Waals surface area (Å²) in [4.78, 5) is 12.5. The number of hydrogen-bond acceptors (Lipinski definition) is 3. The summed E-state index contributed by atoms with van der Waals surface area (Å²) < 4.78 is 0. The molecule has 3 N–H and O–H groups in total. The van der Waals surface area contributed by atoms with Gasteiger partial charge in [0.25, 0.3) is 0 Å². The van der Waals surface area contributed by atoms with Gasteiger partial charge in [-0.15, -0.1) is 0 Å². The molecule has 0 aliphatic rings. The molecule has 0 aromatic rings. The molecule has 2 atom stereocenters. The molecule has 0 heterocycles. The Bertz CT molecular complexity index is 1160. The first kappa shape index (κ1) is 74.6. The molecule has 0 aliphatic heterocycles. The summed E-state index contributed by atoms with van der Waals surface area (Å²) >= 11 is 0. The summed E-state index contributed by atoms with van der Waals surface area (Å²) in [5, 5.41) is 23.3. The average Bonchev–Trinajstić information content (AvgIpc) is 3.42. The van der Waals surface area contributed by atoms with Crippen LogP contribution >= 0.6 is 0 Å². The first-order valence-corrected chi connectivity index (χ1v) is 35.2. The number of carbonyl (C=O) groups is 1. The predicted molar refractivity (Wildman–Crippen MR) is 341 cm³/mol. The summed E-state index contributed by atoms with van der Waals surface area (Å²) in [5.74, 6) is -0.0651. The Morgan fingerprint density at radius 2 is 0.513 bits per heavy atom. The van der Waals surface area contributed by atoms with E-state index in [0.29, 0.717) is 6.42 Å². The molecule has 0 bridgehead atoms. The zero-order valence-corrected chi connectivity index (χ0v) is 52.1. The fourth-order valence-electron chi connectivity index (χ4n) is 11.3. The SMILES string of the molecule is CCCCCCCCCC/C=C\CCCCCCCCCCCCCCCCCCCCCCCCCCCC(=O)NC(CO)C(O)/C=C/CC/C=C/CCCCCCCCCCCCCCCCCCCCCCC. The van der Waals surface area contributed by atoms with Crippen molar-refractivity contribution in [3.63, 3.8) is 0 Å². The highest BCUT2D eigenvalue weighted by Gasteiger charge is 2.18. The van der Waals surface area contributed by atoms with Gasteiger partial charge in [0.2, 0.25) is 5.91 Å². The molecular weight excluding hydrogens is 927 g/mol. The minimum absolute atomic E-state index is 0.0651. The molecule has 0 radical (unpaired) electrons. The number of carbonyl (C=O) groups excluding carboxylic acids is 1. The normalized spacial score (nSPS) is 12.8. The Morgan fingerprint density at radius 1 is 0.303 bits per heavy atom. The third kappa shape index (κ3) is 63.4. The topological polar surface area (TPSA) is 69.6 Å². The van der Waals surface area contributed by atoms with Gasteiger partial charge in [-0.25, -0.2) is 0 Å². The van der Waals surface area contributed by atoms with E-state index in [9.17, 15) is 15.0 Å². The smallest absolute Gasteiger partial charge is 0.220 e. The van der Waals surface area contributed by atoms with E-state index in [-0.39, 0.29) is 12.5 Å². The van der Waals surface area contributed by atoms with Crippen molar-refractivity contribution in [2.24, 2.45) is 0 Å². The fourth-order valence-corrected chi connectivity index (χ4v) is 11.3. The van der Waals surface area contributed by atoms with Crippen molar-refractivity contribution in [2.45, 2.75) is 411 Å². The Labute approximate surface area is 478 Å². The Balaban J connectivity index is 3.42. The van der Waals surface area contributed by atoms with E-state index in [1.54, 1.807) is 6.08 Å². The van der Waals surface area contributed by atoms with Crippen LogP contribution in [0, 0.1) is 0 Å². The van der Waals surface area contributed by atoms with Crippen molar-refractivity contribution in [3.05, 3.63) is 36.5 Å². The molecule has 0 saturated heterocycles. The highest BCUT2D eigenvalue weighted by Crippen LogP contribution is 2.19. The standard InChI is InChI=1S/C72H139NO3/c1-3-5-7-9-11-13-15-17-19-21-23-25-27-29-31-32-33-34-35-36-37-38-39-40-42-44-46-48-50-52-54-56-58-60-62-64-66-68-72(76)73-70(69-74)71(75)67-65-63-61-59-57-55-53-51-49-47-45-43-41-30-28-26-24-22-20-18-16-14-12-10-8-6-4-2/h21,23,57,59,65,67,70-71,74-75H,3-20,22,24-56,58,60-64,66,68-69H2,1-2H3,(H,73,76)/b23-21-,59-57+,67-65+. The van der Waals surface area contributed by atoms with Crippen molar-refractivity contribution < 1.29 is 15.0 Å². The first-order chi connectivity index (χ1) is 37.7. The number of rotatable bonds is 66. The lowest BCUT2D eigenvalue weighted by Gasteiger charge is -2.19. The molecule has 0 saturated carbocycles. The van der Waals surface area contributed by atoms with Gasteiger partial charge in [-0.2, -0.15) is 0 Å². The van der Waals surface area contributed by atoms with Crippen molar-refractivity contribution in [1.82, 2.24) is 5.32 Å². The fraction of sp³-hybridized carbons (Fsp3) is 0.903. The van der Waals surface area contributed by atoms with E-state index < -0.39 is 12.1 Å². The Kier molecular flexibility index (Phi) is 66.6. The highest BCUT2D eigenvalue weighted by atomic mass is 16.3. The molecular formula is C72H139NO3. The van der Waals surface area contributed by atoms with Gasteiger partial charge < -0.3 is 15.5 Å². The van der Waals surface area contributed by atoms with E-state index in [1.165, 1.54) is 347 Å². The van der Waals surface area contributed by atoms with Crippen molar-refractivity contribution in [1.29, 1.82) is 0 Å². The maximum absolute atomic E-state index is 12.5. The zero-order chi connectivity index (χ0) is 54.8. The molecule has 0 spiro atoms. The van der Waals surface area contributed by atoms with Crippen LogP contribution in [0.2, 0.25) is 0 Å². The lowest BCUT2D eigenvalue weighted by atomic mass is 10.0. The number of aliphatic hydroxyl groups is 2. The molecule has 450 valence electrons. The monoisotopic (exact) mass is 1070 g/mol. The van der Waals surface area contributed by atoms with Crippen LogP contribution in [0.1, 0.15) is 399 Å². The van der Waals surface area contributed by atoms with Crippen LogP contribution < -0.4 is 5.32 Å². The summed E-state index contributed by atoms with van der Waals surface area (Å²) in [6.45, 7) is 4.34. The van der Waals surface area contributed by atoms with Gasteiger partial charge in [-0.1, -0.05) is 371 Å². The van der Waals surface area contributed by atoms with Gasteiger partial charge in [-0.05, 0) is 57.8 Å². The van der Waals surface area contributed by atoms with Crippen LogP contribution in [0.4, 0.5) is 0 Å². The van der Waals surface area contributed by atoms with Crippen LogP contribution in [0.5, 0.6) is 0 Å². The van der Waals surface area contributed by atoms with Crippen LogP contribution in [0.25, 0.3) is 0 Å². The van der Waals surface area contributed by atoms with Crippen LogP contribution in [0.3, 0.4) is 0 Å². The minimum Gasteiger partial charge on any atom is -0.394 e. The van der Waals surface area contributed by atoms with Crippen LogP contribution in [-0.4, -0.2) is 34.9 Å². The number of allylic oxidation sites excluding steroid dienone is 5. The zero-order valence-electron chi connectivity index (χ0n) is 52.1. The van der Waals surface area contributed by atoms with E-state index in [2.05, 4.69) is 43.5 Å². The number of aliphatic hydroxyl groups excluding tert-OH is 2. The average molecular weight is 1070 g/mol. The summed E-state index contributed by atoms with van der Waals surface area (Å²) in [5.41, 5.74) is 0. The third-order valence-electron chi connectivity index (χ3n) is 16.6. The molecule has 0 aromatic heterocycles. The van der Waals surface area contributed by atoms with E-state index in [1.807, 2.05) is 6.08 Å².